The van der Waals surface area contributed by atoms with Crippen molar-refractivity contribution in [3.8, 4) is 11.5 Å². The van der Waals surface area contributed by atoms with E-state index >= 15 is 0 Å². The Hall–Kier alpha value is -2.95. The zero-order valence-corrected chi connectivity index (χ0v) is 21.8. The van der Waals surface area contributed by atoms with Gasteiger partial charge in [-0.2, -0.15) is 4.98 Å². The normalized spacial score (nSPS) is 11.0. The van der Waals surface area contributed by atoms with E-state index in [0.29, 0.717) is 30.5 Å². The van der Waals surface area contributed by atoms with Gasteiger partial charge in [-0.05, 0) is 41.8 Å². The molecule has 0 unspecified atom stereocenters. The molecule has 0 saturated heterocycles. The maximum atomic E-state index is 12.0. The molecule has 8 nitrogen and oxygen atoms in total. The Morgan fingerprint density at radius 3 is 2.39 bits per heavy atom. The zero-order valence-electron chi connectivity index (χ0n) is 19.5. The number of carbonyl (C=O) groups excluding carboxylic acids is 1. The van der Waals surface area contributed by atoms with Crippen LogP contribution in [-0.4, -0.2) is 48.1 Å². The molecule has 0 bridgehead atoms. The monoisotopic (exact) mass is 562 g/mol. The van der Waals surface area contributed by atoms with Gasteiger partial charge in [0.25, 0.3) is 11.8 Å². The second kappa shape index (κ2) is 12.9. The van der Waals surface area contributed by atoms with Crippen molar-refractivity contribution in [3.05, 3.63) is 71.0 Å². The third-order valence-electron chi connectivity index (χ3n) is 4.87. The first kappa shape index (κ1) is 26.3. The number of guanidine groups is 1. The van der Waals surface area contributed by atoms with E-state index in [-0.39, 0.29) is 29.9 Å². The third kappa shape index (κ3) is 7.55. The van der Waals surface area contributed by atoms with E-state index in [1.165, 1.54) is 0 Å². The number of nitrogens with one attached hydrogen (secondary N) is 2. The molecule has 0 saturated carbocycles. The van der Waals surface area contributed by atoms with Crippen molar-refractivity contribution in [2.75, 3.05) is 21.1 Å². The second-order valence-corrected chi connectivity index (χ2v) is 7.64. The summed E-state index contributed by atoms with van der Waals surface area (Å²) < 4.78 is 5.39. The minimum atomic E-state index is -0.00802. The predicted molar refractivity (Wildman–Crippen MR) is 141 cm³/mol. The van der Waals surface area contributed by atoms with Gasteiger partial charge in [-0.15, -0.1) is 24.0 Å². The Morgan fingerprint density at radius 2 is 1.76 bits per heavy atom. The van der Waals surface area contributed by atoms with Crippen LogP contribution in [0, 0.1) is 0 Å². The molecule has 0 spiro atoms. The Morgan fingerprint density at radius 1 is 1.06 bits per heavy atom. The van der Waals surface area contributed by atoms with Crippen LogP contribution in [-0.2, 0) is 19.5 Å². The van der Waals surface area contributed by atoms with Gasteiger partial charge in [0.15, 0.2) is 11.8 Å². The number of aliphatic imine (C=N–C) groups is 1. The van der Waals surface area contributed by atoms with E-state index in [2.05, 4.69) is 32.7 Å². The fourth-order valence-electron chi connectivity index (χ4n) is 3.13. The summed E-state index contributed by atoms with van der Waals surface area (Å²) in [5.41, 5.74) is 3.70. The maximum Gasteiger partial charge on any atom is 0.257 e. The first-order valence-corrected chi connectivity index (χ1v) is 10.7. The summed E-state index contributed by atoms with van der Waals surface area (Å²) >= 11 is 0. The highest BCUT2D eigenvalue weighted by Gasteiger charge is 2.10. The van der Waals surface area contributed by atoms with Gasteiger partial charge < -0.3 is 20.1 Å². The van der Waals surface area contributed by atoms with Crippen molar-refractivity contribution in [1.82, 2.24) is 25.7 Å². The van der Waals surface area contributed by atoms with E-state index in [9.17, 15) is 4.79 Å². The Kier molecular flexibility index (Phi) is 10.3. The van der Waals surface area contributed by atoms with Gasteiger partial charge >= 0.3 is 0 Å². The Bertz CT molecular complexity index is 1060. The van der Waals surface area contributed by atoms with E-state index < -0.39 is 0 Å². The van der Waals surface area contributed by atoms with E-state index in [1.54, 1.807) is 26.0 Å². The van der Waals surface area contributed by atoms with Crippen molar-refractivity contribution in [2.24, 2.45) is 4.99 Å². The Labute approximate surface area is 211 Å². The summed E-state index contributed by atoms with van der Waals surface area (Å²) in [5.74, 6) is 1.95. The molecule has 0 aliphatic carbocycles. The van der Waals surface area contributed by atoms with Gasteiger partial charge in [-0.25, -0.2) is 0 Å². The molecule has 0 aliphatic rings. The summed E-state index contributed by atoms with van der Waals surface area (Å²) in [6, 6.07) is 15.6. The lowest BCUT2D eigenvalue weighted by Gasteiger charge is -2.13. The van der Waals surface area contributed by atoms with Crippen molar-refractivity contribution in [3.63, 3.8) is 0 Å². The minimum Gasteiger partial charge on any atom is -0.352 e. The van der Waals surface area contributed by atoms with Crippen LogP contribution in [0.25, 0.3) is 11.5 Å². The van der Waals surface area contributed by atoms with Crippen LogP contribution in [0.3, 0.4) is 0 Å². The zero-order chi connectivity index (χ0) is 22.9. The van der Waals surface area contributed by atoms with E-state index in [0.717, 1.165) is 35.4 Å². The lowest BCUT2D eigenvalue weighted by molar-refractivity contribution is 0.0827. The van der Waals surface area contributed by atoms with Gasteiger partial charge in [0, 0.05) is 51.8 Å². The number of aromatic nitrogens is 2. The van der Waals surface area contributed by atoms with Crippen LogP contribution in [0.4, 0.5) is 0 Å². The van der Waals surface area contributed by atoms with Gasteiger partial charge in [0.1, 0.15) is 0 Å². The van der Waals surface area contributed by atoms with Crippen molar-refractivity contribution in [2.45, 2.75) is 32.9 Å². The molecule has 0 fully saturated rings. The smallest absolute Gasteiger partial charge is 0.257 e. The van der Waals surface area contributed by atoms with Crippen LogP contribution < -0.4 is 10.6 Å². The Balaban J connectivity index is 0.00000385. The number of aryl methyl sites for hydroxylation is 1. The number of nitrogens with zero attached hydrogens (tertiary/aromatic N) is 4. The quantitative estimate of drug-likeness (QED) is 0.246. The van der Waals surface area contributed by atoms with Gasteiger partial charge in [0.2, 0.25) is 0 Å². The number of hydrogen-bond donors (Lipinski definition) is 2. The highest BCUT2D eigenvalue weighted by molar-refractivity contribution is 14.0. The third-order valence-corrected chi connectivity index (χ3v) is 4.87. The standard InChI is InChI=1S/C24H30N6O2.HI/c1-5-7-21-28-22(32-29-21)20-9-6-8-18(14-20)16-27-24(25-2)26-15-17-10-12-19(13-11-17)23(31)30(3)4;/h6,8-14H,5,7,15-16H2,1-4H3,(H2,25,26,27);1H. The molecule has 9 heteroatoms. The lowest BCUT2D eigenvalue weighted by Crippen LogP contribution is -2.36. The topological polar surface area (TPSA) is 95.7 Å². The summed E-state index contributed by atoms with van der Waals surface area (Å²) in [7, 11) is 5.22. The first-order valence-electron chi connectivity index (χ1n) is 10.7. The number of hydrogen-bond acceptors (Lipinski definition) is 5. The molecule has 3 aromatic rings. The molecule has 1 heterocycles. The SMILES string of the molecule is CCCc1noc(-c2cccc(CNC(=NC)NCc3ccc(C(=O)N(C)C)cc3)c2)n1.I. The highest BCUT2D eigenvalue weighted by Crippen LogP contribution is 2.19. The van der Waals surface area contributed by atoms with Crippen LogP contribution in [0.15, 0.2) is 58.0 Å². The van der Waals surface area contributed by atoms with Crippen molar-refractivity contribution >= 4 is 35.8 Å². The van der Waals surface area contributed by atoms with Crippen LogP contribution in [0.2, 0.25) is 0 Å². The van der Waals surface area contributed by atoms with E-state index in [1.807, 2.05) is 48.5 Å². The average Bonchev–Trinajstić information content (AvgIpc) is 3.28. The fourth-order valence-corrected chi connectivity index (χ4v) is 3.13. The van der Waals surface area contributed by atoms with Gasteiger partial charge in [-0.3, -0.25) is 9.79 Å². The summed E-state index contributed by atoms with van der Waals surface area (Å²) in [5, 5.41) is 10.6. The molecule has 0 radical (unpaired) electrons. The molecular weight excluding hydrogens is 531 g/mol. The number of amides is 1. The lowest BCUT2D eigenvalue weighted by atomic mass is 10.1. The van der Waals surface area contributed by atoms with Gasteiger partial charge in [0.05, 0.1) is 0 Å². The minimum absolute atomic E-state index is 0. The maximum absolute atomic E-state index is 12.0. The number of rotatable bonds is 8. The second-order valence-electron chi connectivity index (χ2n) is 7.64. The van der Waals surface area contributed by atoms with E-state index in [4.69, 9.17) is 4.52 Å². The average molecular weight is 562 g/mol. The number of carbonyl (C=O) groups is 1. The molecule has 3 rings (SSSR count). The molecule has 2 N–H and O–H groups in total. The molecule has 0 aliphatic heterocycles. The fraction of sp³-hybridized carbons (Fsp3) is 0.333. The van der Waals surface area contributed by atoms with Crippen LogP contribution in [0.1, 0.15) is 40.7 Å². The molecule has 1 amide bonds. The molecular formula is C24H31IN6O2. The van der Waals surface area contributed by atoms with Crippen LogP contribution in [0.5, 0.6) is 0 Å². The van der Waals surface area contributed by atoms with Gasteiger partial charge in [-0.1, -0.05) is 36.3 Å². The number of halogens is 1. The summed E-state index contributed by atoms with van der Waals surface area (Å²) in [6.07, 6.45) is 1.79. The molecule has 1 aromatic heterocycles. The highest BCUT2D eigenvalue weighted by atomic mass is 127. The summed E-state index contributed by atoms with van der Waals surface area (Å²) in [6.45, 7) is 3.28. The van der Waals surface area contributed by atoms with Crippen LogP contribution >= 0.6 is 24.0 Å². The molecule has 33 heavy (non-hydrogen) atoms. The van der Waals surface area contributed by atoms with Crippen molar-refractivity contribution in [1.29, 1.82) is 0 Å². The first-order chi connectivity index (χ1) is 15.5. The van der Waals surface area contributed by atoms with Crippen molar-refractivity contribution < 1.29 is 9.32 Å². The largest absolute Gasteiger partial charge is 0.352 e. The molecule has 2 aromatic carbocycles. The predicted octanol–water partition coefficient (Wildman–Crippen LogP) is 3.87. The number of benzene rings is 2. The molecule has 0 atom stereocenters. The molecule has 176 valence electrons. The summed E-state index contributed by atoms with van der Waals surface area (Å²) in [4.78, 5) is 22.3.